The van der Waals surface area contributed by atoms with Crippen LogP contribution >= 0.6 is 0 Å². The molecule has 1 aliphatic heterocycles. The Labute approximate surface area is 251 Å². The van der Waals surface area contributed by atoms with E-state index in [4.69, 9.17) is 14.7 Å². The quantitative estimate of drug-likeness (QED) is 0.188. The van der Waals surface area contributed by atoms with Crippen molar-refractivity contribution in [2.75, 3.05) is 28.6 Å². The van der Waals surface area contributed by atoms with Gasteiger partial charge in [0, 0.05) is 70.1 Å². The summed E-state index contributed by atoms with van der Waals surface area (Å²) in [6.45, 7) is 10.0. The van der Waals surface area contributed by atoms with Gasteiger partial charge in [0.1, 0.15) is 5.82 Å². The summed E-state index contributed by atoms with van der Waals surface area (Å²) < 4.78 is 5.96. The summed E-state index contributed by atoms with van der Waals surface area (Å²) in [5.41, 5.74) is 11.1. The molecule has 0 spiro atoms. The lowest BCUT2D eigenvalue weighted by molar-refractivity contribution is -0.00521. The van der Waals surface area contributed by atoms with Crippen LogP contribution in [-0.4, -0.2) is 45.2 Å². The minimum atomic E-state index is 0.202. The molecule has 2 unspecified atom stereocenters. The maximum absolute atomic E-state index is 5.96. The fourth-order valence-electron chi connectivity index (χ4n) is 5.92. The highest BCUT2D eigenvalue weighted by atomic mass is 16.5. The average molecular weight is 570 g/mol. The number of anilines is 5. The standard InChI is InChI=1S/C35H35N7O/c1-21-15-28(13-14-36-21)38-27-9-11-32-34(17-27)41-35(40-32)25-5-7-26(8-6-25)39-33-16-22(2)37-31-12-10-29(18-30(31)33)42-19-23(3)43-24(4)20-42/h5-18,23-24H,19-20H2,1-4H3,(H,36,38)(H,37,39)(H,40,41). The highest BCUT2D eigenvalue weighted by Gasteiger charge is 2.23. The second kappa shape index (κ2) is 11.0. The summed E-state index contributed by atoms with van der Waals surface area (Å²) in [4.78, 5) is 19.8. The summed E-state index contributed by atoms with van der Waals surface area (Å²) in [6, 6.07) is 27.2. The fraction of sp³-hybridized carbons (Fsp3) is 0.229. The van der Waals surface area contributed by atoms with Crippen molar-refractivity contribution in [3.8, 4) is 11.4 Å². The molecule has 3 N–H and O–H groups in total. The van der Waals surface area contributed by atoms with Crippen LogP contribution in [0.5, 0.6) is 0 Å². The number of nitrogens with zero attached hydrogens (tertiary/aromatic N) is 4. The normalized spacial score (nSPS) is 17.0. The van der Waals surface area contributed by atoms with Crippen molar-refractivity contribution in [2.45, 2.75) is 39.9 Å². The summed E-state index contributed by atoms with van der Waals surface area (Å²) in [6.07, 6.45) is 2.22. The number of aryl methyl sites for hydroxylation is 2. The molecule has 1 aliphatic rings. The average Bonchev–Trinajstić information content (AvgIpc) is 3.40. The van der Waals surface area contributed by atoms with Gasteiger partial charge < -0.3 is 25.3 Å². The molecule has 8 nitrogen and oxygen atoms in total. The van der Waals surface area contributed by atoms with E-state index in [2.05, 4.69) is 93.9 Å². The van der Waals surface area contributed by atoms with Crippen molar-refractivity contribution in [1.29, 1.82) is 0 Å². The van der Waals surface area contributed by atoms with Crippen LogP contribution in [0.15, 0.2) is 85.1 Å². The molecule has 216 valence electrons. The van der Waals surface area contributed by atoms with Crippen LogP contribution in [0.1, 0.15) is 25.2 Å². The van der Waals surface area contributed by atoms with Crippen molar-refractivity contribution in [3.63, 3.8) is 0 Å². The van der Waals surface area contributed by atoms with Gasteiger partial charge in [-0.15, -0.1) is 0 Å². The van der Waals surface area contributed by atoms with Gasteiger partial charge in [0.2, 0.25) is 0 Å². The van der Waals surface area contributed by atoms with Crippen molar-refractivity contribution >= 4 is 50.4 Å². The molecule has 0 aliphatic carbocycles. The van der Waals surface area contributed by atoms with Gasteiger partial charge in [0.15, 0.2) is 0 Å². The van der Waals surface area contributed by atoms with Crippen LogP contribution in [0, 0.1) is 13.8 Å². The summed E-state index contributed by atoms with van der Waals surface area (Å²) in [5, 5.41) is 8.20. The molecule has 2 atom stereocenters. The topological polar surface area (TPSA) is 91.0 Å². The number of aromatic nitrogens is 4. The third kappa shape index (κ3) is 5.74. The highest BCUT2D eigenvalue weighted by molar-refractivity contribution is 5.95. The Balaban J connectivity index is 1.12. The second-order valence-corrected chi connectivity index (χ2v) is 11.5. The largest absolute Gasteiger partial charge is 0.372 e. The lowest BCUT2D eigenvalue weighted by Crippen LogP contribution is -2.45. The van der Waals surface area contributed by atoms with Crippen LogP contribution in [0.25, 0.3) is 33.3 Å². The van der Waals surface area contributed by atoms with Crippen molar-refractivity contribution in [2.24, 2.45) is 0 Å². The van der Waals surface area contributed by atoms with Crippen LogP contribution in [0.2, 0.25) is 0 Å². The summed E-state index contributed by atoms with van der Waals surface area (Å²) in [5.74, 6) is 0.835. The smallest absolute Gasteiger partial charge is 0.138 e. The Bertz CT molecular complexity index is 1920. The molecule has 0 radical (unpaired) electrons. The first-order chi connectivity index (χ1) is 20.9. The van der Waals surface area contributed by atoms with Crippen LogP contribution in [0.4, 0.5) is 28.4 Å². The van der Waals surface area contributed by atoms with E-state index in [0.29, 0.717) is 0 Å². The maximum atomic E-state index is 5.96. The number of hydrogen-bond donors (Lipinski definition) is 3. The second-order valence-electron chi connectivity index (χ2n) is 11.5. The van der Waals surface area contributed by atoms with Gasteiger partial charge in [-0.2, -0.15) is 0 Å². The molecule has 0 amide bonds. The third-order valence-electron chi connectivity index (χ3n) is 7.81. The predicted molar refractivity (Wildman–Crippen MR) is 176 cm³/mol. The molecule has 6 aromatic rings. The van der Waals surface area contributed by atoms with Gasteiger partial charge in [-0.25, -0.2) is 4.98 Å². The van der Waals surface area contributed by atoms with Gasteiger partial charge in [-0.3, -0.25) is 9.97 Å². The van der Waals surface area contributed by atoms with Gasteiger partial charge in [-0.1, -0.05) is 0 Å². The van der Waals surface area contributed by atoms with E-state index < -0.39 is 0 Å². The Kier molecular flexibility index (Phi) is 6.91. The number of hydrogen-bond acceptors (Lipinski definition) is 7. The number of H-pyrrole nitrogens is 1. The molecule has 1 saturated heterocycles. The maximum Gasteiger partial charge on any atom is 0.138 e. The number of fused-ring (bicyclic) bond motifs is 2. The van der Waals surface area contributed by atoms with Crippen LogP contribution in [-0.2, 0) is 4.74 Å². The van der Waals surface area contributed by atoms with E-state index in [1.807, 2.05) is 44.3 Å². The lowest BCUT2D eigenvalue weighted by atomic mass is 10.1. The molecular formula is C35H35N7O. The molecule has 3 aromatic carbocycles. The highest BCUT2D eigenvalue weighted by Crippen LogP contribution is 2.32. The molecule has 4 heterocycles. The molecule has 43 heavy (non-hydrogen) atoms. The zero-order chi connectivity index (χ0) is 29.5. The van der Waals surface area contributed by atoms with Crippen LogP contribution < -0.4 is 15.5 Å². The molecule has 0 bridgehead atoms. The fourth-order valence-corrected chi connectivity index (χ4v) is 5.92. The molecule has 0 saturated carbocycles. The van der Waals surface area contributed by atoms with Gasteiger partial charge in [-0.05, 0) is 107 Å². The number of imidazole rings is 1. The molecule has 8 heteroatoms. The number of nitrogens with one attached hydrogen (secondary N) is 3. The van der Waals surface area contributed by atoms with E-state index >= 15 is 0 Å². The third-order valence-corrected chi connectivity index (χ3v) is 7.81. The first-order valence-corrected chi connectivity index (χ1v) is 14.7. The number of ether oxygens (including phenoxy) is 1. The first-order valence-electron chi connectivity index (χ1n) is 14.7. The number of pyridine rings is 2. The van der Waals surface area contributed by atoms with Crippen molar-refractivity contribution < 1.29 is 4.74 Å². The zero-order valence-electron chi connectivity index (χ0n) is 24.8. The molecule has 3 aromatic heterocycles. The lowest BCUT2D eigenvalue weighted by Gasteiger charge is -2.37. The predicted octanol–water partition coefficient (Wildman–Crippen LogP) is 7.89. The minimum absolute atomic E-state index is 0.202. The number of rotatable bonds is 6. The van der Waals surface area contributed by atoms with E-state index in [1.54, 1.807) is 0 Å². The zero-order valence-corrected chi connectivity index (χ0v) is 24.8. The number of benzene rings is 3. The van der Waals surface area contributed by atoms with E-state index in [-0.39, 0.29) is 12.2 Å². The summed E-state index contributed by atoms with van der Waals surface area (Å²) >= 11 is 0. The summed E-state index contributed by atoms with van der Waals surface area (Å²) in [7, 11) is 0. The Morgan fingerprint density at radius 2 is 1.49 bits per heavy atom. The molecular weight excluding hydrogens is 534 g/mol. The monoisotopic (exact) mass is 569 g/mol. The Morgan fingerprint density at radius 3 is 2.28 bits per heavy atom. The van der Waals surface area contributed by atoms with Gasteiger partial charge in [0.05, 0.1) is 28.8 Å². The van der Waals surface area contributed by atoms with E-state index in [1.165, 1.54) is 5.69 Å². The Morgan fingerprint density at radius 1 is 0.744 bits per heavy atom. The van der Waals surface area contributed by atoms with Gasteiger partial charge in [0.25, 0.3) is 0 Å². The van der Waals surface area contributed by atoms with E-state index in [9.17, 15) is 0 Å². The number of morpholine rings is 1. The van der Waals surface area contributed by atoms with Gasteiger partial charge >= 0.3 is 0 Å². The van der Waals surface area contributed by atoms with Crippen molar-refractivity contribution in [3.05, 3.63) is 96.4 Å². The molecule has 7 rings (SSSR count). The Hall–Kier alpha value is -4.95. The minimum Gasteiger partial charge on any atom is -0.372 e. The van der Waals surface area contributed by atoms with Crippen LogP contribution in [0.3, 0.4) is 0 Å². The number of aromatic amines is 1. The first kappa shape index (κ1) is 26.9. The van der Waals surface area contributed by atoms with Crippen molar-refractivity contribution in [1.82, 2.24) is 19.9 Å². The SMILES string of the molecule is Cc1cc(Nc2ccc3nc(-c4ccc(Nc5cc(C)nc6ccc(N7CC(C)OC(C)C7)cc56)cc4)[nH]c3c2)ccn1. The molecule has 1 fully saturated rings. The van der Waals surface area contributed by atoms with E-state index in [0.717, 1.165) is 80.6 Å².